The van der Waals surface area contributed by atoms with Gasteiger partial charge in [0.2, 0.25) is 0 Å². The maximum atomic E-state index is 11.4. The van der Waals surface area contributed by atoms with Gasteiger partial charge in [-0.1, -0.05) is 5.21 Å². The molecule has 0 unspecified atom stereocenters. The number of benzene rings is 1. The molecule has 1 fully saturated rings. The molecule has 17 heavy (non-hydrogen) atoms. The number of ether oxygens (including phenoxy) is 2. The lowest BCUT2D eigenvalue weighted by molar-refractivity contribution is -0.0274. The zero-order valence-corrected chi connectivity index (χ0v) is 9.29. The number of methoxy groups -OCH3 is 1. The first kappa shape index (κ1) is 10.2. The quantitative estimate of drug-likeness (QED) is 0.717. The van der Waals surface area contributed by atoms with Gasteiger partial charge in [-0.05, 0) is 18.2 Å². The predicted molar refractivity (Wildman–Crippen MR) is 58.7 cm³/mol. The molecule has 0 radical (unpaired) electrons. The van der Waals surface area contributed by atoms with Gasteiger partial charge in [-0.3, -0.25) is 0 Å². The molecule has 0 bridgehead atoms. The zero-order chi connectivity index (χ0) is 11.8. The van der Waals surface area contributed by atoms with Crippen LogP contribution in [0.1, 0.15) is 16.4 Å². The summed E-state index contributed by atoms with van der Waals surface area (Å²) in [5.74, 6) is -0.367. The lowest BCUT2D eigenvalue weighted by Crippen LogP contribution is -2.31. The van der Waals surface area contributed by atoms with E-state index in [4.69, 9.17) is 4.74 Å². The third-order valence-corrected chi connectivity index (χ3v) is 2.86. The topological polar surface area (TPSA) is 66.2 Å². The Morgan fingerprint density at radius 1 is 1.53 bits per heavy atom. The largest absolute Gasteiger partial charge is 0.465 e. The zero-order valence-electron chi connectivity index (χ0n) is 9.29. The van der Waals surface area contributed by atoms with E-state index in [0.29, 0.717) is 24.3 Å². The number of carbonyl (C=O) groups is 1. The van der Waals surface area contributed by atoms with Gasteiger partial charge in [-0.2, -0.15) is 0 Å². The van der Waals surface area contributed by atoms with Crippen molar-refractivity contribution in [2.75, 3.05) is 20.3 Å². The van der Waals surface area contributed by atoms with Gasteiger partial charge in [-0.25, -0.2) is 9.48 Å². The third kappa shape index (κ3) is 1.57. The fraction of sp³-hybridized carbons (Fsp3) is 0.364. The Labute approximate surface area is 97.1 Å². The van der Waals surface area contributed by atoms with E-state index in [2.05, 4.69) is 15.0 Å². The van der Waals surface area contributed by atoms with Crippen molar-refractivity contribution in [2.24, 2.45) is 0 Å². The summed E-state index contributed by atoms with van der Waals surface area (Å²) in [7, 11) is 1.36. The Morgan fingerprint density at radius 3 is 3.00 bits per heavy atom. The highest BCUT2D eigenvalue weighted by Crippen LogP contribution is 2.22. The maximum absolute atomic E-state index is 11.4. The molecule has 3 rings (SSSR count). The highest BCUT2D eigenvalue weighted by atomic mass is 16.5. The molecule has 2 aromatic rings. The van der Waals surface area contributed by atoms with Crippen molar-refractivity contribution >= 4 is 17.0 Å². The number of esters is 1. The van der Waals surface area contributed by atoms with Crippen LogP contribution in [0.5, 0.6) is 0 Å². The Morgan fingerprint density at radius 2 is 2.35 bits per heavy atom. The normalized spacial score (nSPS) is 15.8. The van der Waals surface area contributed by atoms with Gasteiger partial charge >= 0.3 is 5.97 Å². The number of hydrogen-bond donors (Lipinski definition) is 0. The fourth-order valence-corrected chi connectivity index (χ4v) is 1.82. The molecule has 1 aliphatic rings. The Balaban J connectivity index is 2.04. The third-order valence-electron chi connectivity index (χ3n) is 2.86. The molecular weight excluding hydrogens is 222 g/mol. The van der Waals surface area contributed by atoms with Crippen LogP contribution in [0.15, 0.2) is 18.2 Å². The molecule has 6 heteroatoms. The van der Waals surface area contributed by atoms with Crippen LogP contribution in [0, 0.1) is 0 Å². The summed E-state index contributed by atoms with van der Waals surface area (Å²) < 4.78 is 11.6. The molecule has 1 aliphatic heterocycles. The maximum Gasteiger partial charge on any atom is 0.337 e. The van der Waals surface area contributed by atoms with Crippen LogP contribution in [-0.2, 0) is 9.47 Å². The van der Waals surface area contributed by atoms with Crippen LogP contribution in [0.3, 0.4) is 0 Å². The molecular formula is C11H11N3O3. The average Bonchev–Trinajstić information content (AvgIpc) is 2.69. The fourth-order valence-electron chi connectivity index (χ4n) is 1.82. The summed E-state index contributed by atoms with van der Waals surface area (Å²) in [6.07, 6.45) is 0. The summed E-state index contributed by atoms with van der Waals surface area (Å²) in [5.41, 5.74) is 2.09. The van der Waals surface area contributed by atoms with Gasteiger partial charge in [0.1, 0.15) is 11.6 Å². The van der Waals surface area contributed by atoms with Crippen LogP contribution < -0.4 is 0 Å². The number of aromatic nitrogens is 3. The second kappa shape index (κ2) is 3.81. The number of carbonyl (C=O) groups excluding carboxylic acids is 1. The van der Waals surface area contributed by atoms with Crippen molar-refractivity contribution in [1.82, 2.24) is 15.0 Å². The monoisotopic (exact) mass is 233 g/mol. The molecule has 1 aromatic heterocycles. The highest BCUT2D eigenvalue weighted by Gasteiger charge is 2.23. The van der Waals surface area contributed by atoms with Gasteiger partial charge in [-0.15, -0.1) is 5.10 Å². The Hall–Kier alpha value is -1.95. The summed E-state index contributed by atoms with van der Waals surface area (Å²) in [4.78, 5) is 11.4. The second-order valence-corrected chi connectivity index (χ2v) is 3.92. The van der Waals surface area contributed by atoms with E-state index < -0.39 is 0 Å². The summed E-state index contributed by atoms with van der Waals surface area (Å²) in [6, 6.07) is 5.49. The molecule has 0 spiro atoms. The lowest BCUT2D eigenvalue weighted by atomic mass is 10.2. The first-order valence-corrected chi connectivity index (χ1v) is 5.30. The number of nitrogens with zero attached hydrogens (tertiary/aromatic N) is 3. The minimum absolute atomic E-state index is 0.254. The molecule has 0 atom stereocenters. The summed E-state index contributed by atoms with van der Waals surface area (Å²) >= 11 is 0. The summed E-state index contributed by atoms with van der Waals surface area (Å²) in [5, 5.41) is 8.13. The van der Waals surface area contributed by atoms with Crippen molar-refractivity contribution in [3.63, 3.8) is 0 Å². The first-order valence-electron chi connectivity index (χ1n) is 5.30. The van der Waals surface area contributed by atoms with E-state index >= 15 is 0 Å². The van der Waals surface area contributed by atoms with Crippen molar-refractivity contribution in [1.29, 1.82) is 0 Å². The van der Waals surface area contributed by atoms with Crippen molar-refractivity contribution in [3.8, 4) is 0 Å². The van der Waals surface area contributed by atoms with E-state index in [-0.39, 0.29) is 12.0 Å². The summed E-state index contributed by atoms with van der Waals surface area (Å²) in [6.45, 7) is 1.33. The highest BCUT2D eigenvalue weighted by molar-refractivity contribution is 5.93. The molecule has 6 nitrogen and oxygen atoms in total. The molecule has 0 aliphatic carbocycles. The van der Waals surface area contributed by atoms with E-state index in [1.54, 1.807) is 12.1 Å². The van der Waals surface area contributed by atoms with Crippen LogP contribution in [0.2, 0.25) is 0 Å². The second-order valence-electron chi connectivity index (χ2n) is 3.92. The molecule has 1 saturated heterocycles. The number of hydrogen-bond acceptors (Lipinski definition) is 5. The van der Waals surface area contributed by atoms with E-state index in [1.165, 1.54) is 7.11 Å². The van der Waals surface area contributed by atoms with Crippen LogP contribution in [0.4, 0.5) is 0 Å². The van der Waals surface area contributed by atoms with Crippen LogP contribution in [-0.4, -0.2) is 41.3 Å². The van der Waals surface area contributed by atoms with E-state index in [9.17, 15) is 4.79 Å². The van der Waals surface area contributed by atoms with Gasteiger partial charge in [0.05, 0.1) is 31.4 Å². The first-order chi connectivity index (χ1) is 8.29. The molecule has 2 heterocycles. The van der Waals surface area contributed by atoms with E-state index in [1.807, 2.05) is 10.7 Å². The Kier molecular flexibility index (Phi) is 2.29. The molecule has 1 aromatic carbocycles. The Bertz CT molecular complexity index is 574. The SMILES string of the molecule is COC(=O)c1ccc2c(c1)nnn2C1COC1. The van der Waals surface area contributed by atoms with Gasteiger partial charge in [0.15, 0.2) is 0 Å². The van der Waals surface area contributed by atoms with Crippen molar-refractivity contribution in [2.45, 2.75) is 6.04 Å². The standard InChI is InChI=1S/C11H11N3O3/c1-16-11(15)7-2-3-10-9(4-7)12-13-14(10)8-5-17-6-8/h2-4,8H,5-6H2,1H3. The van der Waals surface area contributed by atoms with Crippen molar-refractivity contribution < 1.29 is 14.3 Å². The van der Waals surface area contributed by atoms with Gasteiger partial charge in [0.25, 0.3) is 0 Å². The van der Waals surface area contributed by atoms with Crippen LogP contribution in [0.25, 0.3) is 11.0 Å². The molecule has 0 N–H and O–H groups in total. The number of fused-ring (bicyclic) bond motifs is 1. The molecule has 0 amide bonds. The minimum atomic E-state index is -0.367. The minimum Gasteiger partial charge on any atom is -0.465 e. The van der Waals surface area contributed by atoms with Gasteiger partial charge in [0, 0.05) is 0 Å². The molecule has 0 saturated carbocycles. The molecule has 88 valence electrons. The lowest BCUT2D eigenvalue weighted by Gasteiger charge is -2.25. The van der Waals surface area contributed by atoms with Crippen molar-refractivity contribution in [3.05, 3.63) is 23.8 Å². The van der Waals surface area contributed by atoms with Gasteiger partial charge < -0.3 is 9.47 Å². The van der Waals surface area contributed by atoms with Crippen LogP contribution >= 0.6 is 0 Å². The van der Waals surface area contributed by atoms with E-state index in [0.717, 1.165) is 5.52 Å². The average molecular weight is 233 g/mol. The number of rotatable bonds is 2. The predicted octanol–water partition coefficient (Wildman–Crippen LogP) is 0.789. The smallest absolute Gasteiger partial charge is 0.337 e.